The molecule has 0 radical (unpaired) electrons. The Hall–Kier alpha value is -3.11. The molecule has 6 nitrogen and oxygen atoms in total. The summed E-state index contributed by atoms with van der Waals surface area (Å²) in [6, 6.07) is 12.4. The smallest absolute Gasteiger partial charge is 0.262 e. The van der Waals surface area contributed by atoms with Gasteiger partial charge >= 0.3 is 0 Å². The molecule has 7 heteroatoms. The fourth-order valence-corrected chi connectivity index (χ4v) is 3.24. The van der Waals surface area contributed by atoms with Crippen molar-refractivity contribution in [3.05, 3.63) is 58.4 Å². The number of benzene rings is 1. The minimum absolute atomic E-state index is 0.0991. The van der Waals surface area contributed by atoms with Crippen molar-refractivity contribution in [2.24, 2.45) is 0 Å². The van der Waals surface area contributed by atoms with Crippen molar-refractivity contribution in [2.45, 2.75) is 12.5 Å². The van der Waals surface area contributed by atoms with E-state index in [1.165, 1.54) is 11.3 Å². The third kappa shape index (κ3) is 3.87. The number of fused-ring (bicyclic) bond motifs is 1. The third-order valence-corrected chi connectivity index (χ3v) is 4.68. The van der Waals surface area contributed by atoms with Crippen molar-refractivity contribution in [3.8, 4) is 6.07 Å². The highest BCUT2D eigenvalue weighted by atomic mass is 32.1. The molecule has 1 atom stereocenters. The number of carbonyl (C=O) groups excluding carboxylic acids is 2. The van der Waals surface area contributed by atoms with Gasteiger partial charge in [-0.1, -0.05) is 24.3 Å². The summed E-state index contributed by atoms with van der Waals surface area (Å²) in [4.78, 5) is 28.4. The largest absolute Gasteiger partial charge is 0.361 e. The minimum atomic E-state index is -0.762. The van der Waals surface area contributed by atoms with Crippen molar-refractivity contribution in [2.75, 3.05) is 6.54 Å². The number of rotatable bonds is 6. The molecule has 0 fully saturated rings. The highest BCUT2D eigenvalue weighted by Gasteiger charge is 2.23. The molecular weight excluding hydrogens is 336 g/mol. The van der Waals surface area contributed by atoms with Crippen molar-refractivity contribution in [1.29, 1.82) is 5.26 Å². The lowest BCUT2D eigenvalue weighted by atomic mass is 10.0. The molecule has 0 aliphatic heterocycles. The molecule has 1 aromatic carbocycles. The van der Waals surface area contributed by atoms with Crippen LogP contribution in [-0.2, 0) is 11.2 Å². The molecule has 3 N–H and O–H groups in total. The van der Waals surface area contributed by atoms with Gasteiger partial charge < -0.3 is 15.6 Å². The molecule has 2 aromatic heterocycles. The Morgan fingerprint density at radius 3 is 2.84 bits per heavy atom. The molecular formula is C18H16N4O2S. The second-order valence-electron chi connectivity index (χ2n) is 5.44. The normalized spacial score (nSPS) is 11.6. The van der Waals surface area contributed by atoms with E-state index in [4.69, 9.17) is 5.26 Å². The molecule has 3 aromatic rings. The molecule has 25 heavy (non-hydrogen) atoms. The maximum absolute atomic E-state index is 12.4. The Bertz CT molecular complexity index is 924. The van der Waals surface area contributed by atoms with Crippen LogP contribution in [0, 0.1) is 11.3 Å². The van der Waals surface area contributed by atoms with E-state index in [1.54, 1.807) is 17.5 Å². The standard InChI is InChI=1S/C18H16N4O2S/c19-7-8-20-17(23)15(22-18(24)16-6-3-9-25-16)10-12-11-21-14-5-2-1-4-13(12)14/h1-6,9,11,15,21H,8,10H2,(H,20,23)(H,22,24). The second kappa shape index (κ2) is 7.64. The van der Waals surface area contributed by atoms with Gasteiger partial charge in [0.05, 0.1) is 10.9 Å². The number of nitrogens with zero attached hydrogens (tertiary/aromatic N) is 1. The first-order chi connectivity index (χ1) is 12.2. The van der Waals surface area contributed by atoms with E-state index in [0.29, 0.717) is 11.3 Å². The molecule has 0 aliphatic rings. The van der Waals surface area contributed by atoms with E-state index >= 15 is 0 Å². The number of para-hydroxylation sites is 1. The molecule has 0 spiro atoms. The average molecular weight is 352 g/mol. The molecule has 126 valence electrons. The minimum Gasteiger partial charge on any atom is -0.361 e. The summed E-state index contributed by atoms with van der Waals surface area (Å²) in [6.07, 6.45) is 2.17. The number of nitriles is 1. The van der Waals surface area contributed by atoms with E-state index in [9.17, 15) is 9.59 Å². The number of nitrogens with one attached hydrogen (secondary N) is 3. The average Bonchev–Trinajstić information content (AvgIpc) is 3.29. The van der Waals surface area contributed by atoms with E-state index in [2.05, 4.69) is 15.6 Å². The van der Waals surface area contributed by atoms with Crippen LogP contribution in [0.1, 0.15) is 15.2 Å². The van der Waals surface area contributed by atoms with Crippen molar-refractivity contribution in [1.82, 2.24) is 15.6 Å². The van der Waals surface area contributed by atoms with Crippen molar-refractivity contribution in [3.63, 3.8) is 0 Å². The fraction of sp³-hybridized carbons (Fsp3) is 0.167. The highest BCUT2D eigenvalue weighted by molar-refractivity contribution is 7.12. The maximum Gasteiger partial charge on any atom is 0.262 e. The predicted octanol–water partition coefficient (Wildman–Crippen LogP) is 2.21. The number of H-pyrrole nitrogens is 1. The van der Waals surface area contributed by atoms with Gasteiger partial charge in [-0.25, -0.2) is 0 Å². The van der Waals surface area contributed by atoms with Crippen LogP contribution in [0.25, 0.3) is 10.9 Å². The summed E-state index contributed by atoms with van der Waals surface area (Å²) < 4.78 is 0. The number of hydrogen-bond acceptors (Lipinski definition) is 4. The Balaban J connectivity index is 1.81. The third-order valence-electron chi connectivity index (χ3n) is 3.81. The number of thiophene rings is 1. The summed E-state index contributed by atoms with van der Waals surface area (Å²) >= 11 is 1.31. The number of carbonyl (C=O) groups is 2. The quantitative estimate of drug-likeness (QED) is 0.593. The molecule has 0 bridgehead atoms. The number of hydrogen-bond donors (Lipinski definition) is 3. The monoisotopic (exact) mass is 352 g/mol. The van der Waals surface area contributed by atoms with Crippen LogP contribution in [0.5, 0.6) is 0 Å². The summed E-state index contributed by atoms with van der Waals surface area (Å²) in [5, 5.41) is 16.8. The lowest BCUT2D eigenvalue weighted by Crippen LogP contribution is -2.48. The highest BCUT2D eigenvalue weighted by Crippen LogP contribution is 2.19. The van der Waals surface area contributed by atoms with Gasteiger partial charge in [0.15, 0.2) is 0 Å². The molecule has 2 heterocycles. The summed E-state index contributed by atoms with van der Waals surface area (Å²) in [5.41, 5.74) is 1.90. The van der Waals surface area contributed by atoms with Gasteiger partial charge in [-0.15, -0.1) is 11.3 Å². The molecule has 0 saturated carbocycles. The fourth-order valence-electron chi connectivity index (χ4n) is 2.62. The zero-order valence-electron chi connectivity index (χ0n) is 13.3. The van der Waals surface area contributed by atoms with Gasteiger partial charge in [-0.3, -0.25) is 9.59 Å². The van der Waals surface area contributed by atoms with E-state index in [-0.39, 0.29) is 18.4 Å². The van der Waals surface area contributed by atoms with E-state index in [1.807, 2.05) is 36.5 Å². The van der Waals surface area contributed by atoms with E-state index in [0.717, 1.165) is 16.5 Å². The first-order valence-electron chi connectivity index (χ1n) is 7.73. The zero-order valence-corrected chi connectivity index (χ0v) is 14.1. The van der Waals surface area contributed by atoms with Gasteiger partial charge in [0, 0.05) is 23.5 Å². The van der Waals surface area contributed by atoms with Gasteiger partial charge in [0.25, 0.3) is 5.91 Å². The number of aromatic amines is 1. The molecule has 0 saturated heterocycles. The summed E-state index contributed by atoms with van der Waals surface area (Å²) in [6.45, 7) is -0.0991. The maximum atomic E-state index is 12.4. The van der Waals surface area contributed by atoms with Crippen molar-refractivity contribution >= 4 is 34.1 Å². The zero-order chi connectivity index (χ0) is 17.6. The molecule has 2 amide bonds. The van der Waals surface area contributed by atoms with Gasteiger partial charge in [0.1, 0.15) is 12.6 Å². The lowest BCUT2D eigenvalue weighted by molar-refractivity contribution is -0.122. The van der Waals surface area contributed by atoms with Crippen LogP contribution in [0.3, 0.4) is 0 Å². The van der Waals surface area contributed by atoms with Crippen LogP contribution in [0.2, 0.25) is 0 Å². The van der Waals surface area contributed by atoms with Crippen LogP contribution >= 0.6 is 11.3 Å². The molecule has 0 aliphatic carbocycles. The van der Waals surface area contributed by atoms with Gasteiger partial charge in [0.2, 0.25) is 5.91 Å². The lowest BCUT2D eigenvalue weighted by Gasteiger charge is -2.17. The van der Waals surface area contributed by atoms with Crippen molar-refractivity contribution < 1.29 is 9.59 Å². The van der Waals surface area contributed by atoms with Crippen LogP contribution < -0.4 is 10.6 Å². The first-order valence-corrected chi connectivity index (χ1v) is 8.61. The first kappa shape index (κ1) is 16.7. The second-order valence-corrected chi connectivity index (χ2v) is 6.39. The Morgan fingerprint density at radius 1 is 1.24 bits per heavy atom. The molecule has 3 rings (SSSR count). The topological polar surface area (TPSA) is 97.8 Å². The number of aromatic nitrogens is 1. The predicted molar refractivity (Wildman–Crippen MR) is 96.2 cm³/mol. The number of amides is 2. The van der Waals surface area contributed by atoms with Crippen LogP contribution in [0.15, 0.2) is 48.0 Å². The van der Waals surface area contributed by atoms with Crippen LogP contribution in [0.4, 0.5) is 0 Å². The van der Waals surface area contributed by atoms with Gasteiger partial charge in [-0.05, 0) is 23.1 Å². The summed E-state index contributed by atoms with van der Waals surface area (Å²) in [7, 11) is 0. The Morgan fingerprint density at radius 2 is 2.08 bits per heavy atom. The Labute approximate surface area is 148 Å². The Kier molecular flexibility index (Phi) is 5.11. The summed E-state index contributed by atoms with van der Waals surface area (Å²) in [5.74, 6) is -0.677. The SMILES string of the molecule is N#CCNC(=O)C(Cc1c[nH]c2ccccc12)NC(=O)c1cccs1. The van der Waals surface area contributed by atoms with Crippen LogP contribution in [-0.4, -0.2) is 29.4 Å². The van der Waals surface area contributed by atoms with Gasteiger partial charge in [-0.2, -0.15) is 5.26 Å². The molecule has 1 unspecified atom stereocenters. The van der Waals surface area contributed by atoms with E-state index < -0.39 is 6.04 Å².